The number of fused-ring (bicyclic) bond motifs is 1. The number of aromatic nitrogens is 1. The molecule has 3 heterocycles. The number of nitrogens with zero attached hydrogens (tertiary/aromatic N) is 3. The van der Waals surface area contributed by atoms with E-state index in [-0.39, 0.29) is 24.5 Å². The highest BCUT2D eigenvalue weighted by atomic mass is 19.3. The van der Waals surface area contributed by atoms with Crippen LogP contribution in [0, 0.1) is 5.92 Å². The van der Waals surface area contributed by atoms with Crippen LogP contribution in [0.15, 0.2) is 18.3 Å². The zero-order chi connectivity index (χ0) is 16.4. The molecule has 2 aliphatic rings. The second-order valence-electron chi connectivity index (χ2n) is 6.17. The first kappa shape index (κ1) is 16.1. The normalized spacial score (nSPS) is 22.8. The van der Waals surface area contributed by atoms with Crippen molar-refractivity contribution in [1.82, 2.24) is 9.88 Å². The molecule has 5 nitrogen and oxygen atoms in total. The van der Waals surface area contributed by atoms with Gasteiger partial charge in [0.05, 0.1) is 13.1 Å². The molecule has 0 saturated carbocycles. The molecule has 1 atom stereocenters. The van der Waals surface area contributed by atoms with Gasteiger partial charge < -0.3 is 9.64 Å². The smallest absolute Gasteiger partial charge is 0.251 e. The van der Waals surface area contributed by atoms with Gasteiger partial charge in [-0.1, -0.05) is 0 Å². The molecule has 23 heavy (non-hydrogen) atoms. The fraction of sp³-hybridized carbons (Fsp3) is 0.625. The second-order valence-corrected chi connectivity index (χ2v) is 6.17. The van der Waals surface area contributed by atoms with Crippen LogP contribution in [0.25, 0.3) is 0 Å². The van der Waals surface area contributed by atoms with Gasteiger partial charge in [-0.15, -0.1) is 0 Å². The van der Waals surface area contributed by atoms with Crippen molar-refractivity contribution in [3.63, 3.8) is 0 Å². The van der Waals surface area contributed by atoms with E-state index < -0.39 is 6.43 Å². The molecular weight excluding hydrogens is 304 g/mol. The molecule has 0 aromatic carbocycles. The Morgan fingerprint density at radius 1 is 1.43 bits per heavy atom. The number of hydrogen-bond acceptors (Lipinski definition) is 4. The van der Waals surface area contributed by atoms with E-state index >= 15 is 0 Å². The molecule has 1 aromatic heterocycles. The van der Waals surface area contributed by atoms with Crippen molar-refractivity contribution in [2.75, 3.05) is 31.1 Å². The van der Waals surface area contributed by atoms with Gasteiger partial charge in [0.2, 0.25) is 11.8 Å². The third-order valence-corrected chi connectivity index (χ3v) is 4.39. The van der Waals surface area contributed by atoms with E-state index in [0.29, 0.717) is 44.0 Å². The number of alkyl halides is 2. The van der Waals surface area contributed by atoms with Crippen molar-refractivity contribution in [1.29, 1.82) is 0 Å². The van der Waals surface area contributed by atoms with Gasteiger partial charge in [0.1, 0.15) is 11.8 Å². The van der Waals surface area contributed by atoms with E-state index in [2.05, 4.69) is 4.98 Å². The van der Waals surface area contributed by atoms with Crippen molar-refractivity contribution >= 4 is 11.6 Å². The molecule has 0 radical (unpaired) electrons. The molecule has 0 aliphatic carbocycles. The number of likely N-dealkylation sites (tertiary alicyclic amines) is 1. The highest BCUT2D eigenvalue weighted by molar-refractivity contribution is 5.96. The Balaban J connectivity index is 1.67. The van der Waals surface area contributed by atoms with E-state index in [4.69, 9.17) is 4.74 Å². The maximum absolute atomic E-state index is 12.9. The van der Waals surface area contributed by atoms with Crippen LogP contribution in [0.3, 0.4) is 0 Å². The quantitative estimate of drug-likeness (QED) is 0.854. The van der Waals surface area contributed by atoms with Gasteiger partial charge in [-0.3, -0.25) is 9.69 Å². The van der Waals surface area contributed by atoms with E-state index in [9.17, 15) is 13.6 Å². The number of hydrogen-bond donors (Lipinski definition) is 0. The Labute approximate surface area is 134 Å². The number of pyridine rings is 1. The second kappa shape index (κ2) is 6.78. The summed E-state index contributed by atoms with van der Waals surface area (Å²) in [6.45, 7) is 3.28. The first-order valence-corrected chi connectivity index (χ1v) is 7.98. The minimum Gasteiger partial charge on any atom is -0.471 e. The van der Waals surface area contributed by atoms with Gasteiger partial charge in [-0.05, 0) is 45.0 Å². The van der Waals surface area contributed by atoms with Crippen LogP contribution in [0.2, 0.25) is 0 Å². The van der Waals surface area contributed by atoms with Crippen molar-refractivity contribution in [2.24, 2.45) is 5.92 Å². The summed E-state index contributed by atoms with van der Waals surface area (Å²) >= 11 is 0. The van der Waals surface area contributed by atoms with E-state index in [1.807, 2.05) is 13.0 Å². The summed E-state index contributed by atoms with van der Waals surface area (Å²) in [6, 6.07) is 3.61. The predicted molar refractivity (Wildman–Crippen MR) is 81.8 cm³/mol. The summed E-state index contributed by atoms with van der Waals surface area (Å²) < 4.78 is 30.5. The van der Waals surface area contributed by atoms with E-state index in [1.54, 1.807) is 22.1 Å². The fourth-order valence-electron chi connectivity index (χ4n) is 3.25. The molecule has 126 valence electrons. The molecule has 1 saturated heterocycles. The minimum atomic E-state index is -2.32. The van der Waals surface area contributed by atoms with Crippen LogP contribution in [-0.2, 0) is 4.79 Å². The van der Waals surface area contributed by atoms with Gasteiger partial charge in [-0.2, -0.15) is 0 Å². The zero-order valence-corrected chi connectivity index (χ0v) is 13.1. The SMILES string of the molecule is CC1CN(C(=O)C2CCN(CC(F)F)CC2)c2cccnc2O1. The average Bonchev–Trinajstić information content (AvgIpc) is 2.53. The summed E-state index contributed by atoms with van der Waals surface area (Å²) in [5.41, 5.74) is 0.700. The van der Waals surface area contributed by atoms with Crippen LogP contribution in [0.4, 0.5) is 14.5 Å². The standard InChI is InChI=1S/C16H21F2N3O2/c1-11-9-21(13-3-2-6-19-15(13)23-11)16(22)12-4-7-20(8-5-12)10-14(17)18/h2-3,6,11-12,14H,4-5,7-10H2,1H3. The van der Waals surface area contributed by atoms with Crippen LogP contribution in [-0.4, -0.2) is 54.5 Å². The Morgan fingerprint density at radius 3 is 2.87 bits per heavy atom. The number of halogens is 2. The minimum absolute atomic E-state index is 0.0473. The number of carbonyl (C=O) groups excluding carboxylic acids is 1. The lowest BCUT2D eigenvalue weighted by molar-refractivity contribution is -0.124. The Bertz CT molecular complexity index is 562. The number of anilines is 1. The topological polar surface area (TPSA) is 45.7 Å². The van der Waals surface area contributed by atoms with E-state index in [1.165, 1.54) is 0 Å². The van der Waals surface area contributed by atoms with Crippen LogP contribution in [0.1, 0.15) is 19.8 Å². The molecule has 2 aliphatic heterocycles. The van der Waals surface area contributed by atoms with Crippen LogP contribution >= 0.6 is 0 Å². The molecule has 0 spiro atoms. The van der Waals surface area contributed by atoms with Gasteiger partial charge in [0, 0.05) is 12.1 Å². The Morgan fingerprint density at radius 2 is 2.17 bits per heavy atom. The van der Waals surface area contributed by atoms with Gasteiger partial charge in [-0.25, -0.2) is 13.8 Å². The number of piperidine rings is 1. The Kier molecular flexibility index (Phi) is 4.75. The van der Waals surface area contributed by atoms with Crippen LogP contribution < -0.4 is 9.64 Å². The molecule has 1 amide bonds. The Hall–Kier alpha value is -1.76. The molecule has 7 heteroatoms. The maximum atomic E-state index is 12.9. The van der Waals surface area contributed by atoms with Gasteiger partial charge in [0.15, 0.2) is 0 Å². The monoisotopic (exact) mass is 325 g/mol. The molecular formula is C16H21F2N3O2. The average molecular weight is 325 g/mol. The first-order chi connectivity index (χ1) is 11.0. The largest absolute Gasteiger partial charge is 0.471 e. The van der Waals surface area contributed by atoms with Gasteiger partial charge >= 0.3 is 0 Å². The van der Waals surface area contributed by atoms with E-state index in [0.717, 1.165) is 0 Å². The molecule has 3 rings (SSSR count). The lowest BCUT2D eigenvalue weighted by Crippen LogP contribution is -2.48. The lowest BCUT2D eigenvalue weighted by atomic mass is 9.94. The molecule has 0 bridgehead atoms. The first-order valence-electron chi connectivity index (χ1n) is 7.98. The number of rotatable bonds is 3. The summed E-state index contributed by atoms with van der Waals surface area (Å²) in [5, 5.41) is 0. The lowest BCUT2D eigenvalue weighted by Gasteiger charge is -2.37. The molecule has 1 aromatic rings. The highest BCUT2D eigenvalue weighted by Crippen LogP contribution is 2.33. The summed E-state index contributed by atoms with van der Waals surface area (Å²) in [5.74, 6) is 0.406. The third-order valence-electron chi connectivity index (χ3n) is 4.39. The number of carbonyl (C=O) groups is 1. The van der Waals surface area contributed by atoms with Crippen LogP contribution in [0.5, 0.6) is 5.88 Å². The summed E-state index contributed by atoms with van der Waals surface area (Å²) in [7, 11) is 0. The van der Waals surface area contributed by atoms with Gasteiger partial charge in [0.25, 0.3) is 6.43 Å². The highest BCUT2D eigenvalue weighted by Gasteiger charge is 2.34. The van der Waals surface area contributed by atoms with Crippen molar-refractivity contribution in [3.05, 3.63) is 18.3 Å². The van der Waals surface area contributed by atoms with Crippen molar-refractivity contribution in [2.45, 2.75) is 32.3 Å². The molecule has 1 unspecified atom stereocenters. The summed E-state index contributed by atoms with van der Waals surface area (Å²) in [4.78, 5) is 20.5. The molecule has 1 fully saturated rings. The number of amides is 1. The summed E-state index contributed by atoms with van der Waals surface area (Å²) in [6.07, 6.45) is 0.447. The number of ether oxygens (including phenoxy) is 1. The maximum Gasteiger partial charge on any atom is 0.251 e. The zero-order valence-electron chi connectivity index (χ0n) is 13.1. The van der Waals surface area contributed by atoms with Crippen molar-refractivity contribution < 1.29 is 18.3 Å². The predicted octanol–water partition coefficient (Wildman–Crippen LogP) is 2.17. The third kappa shape index (κ3) is 3.60. The molecule has 0 N–H and O–H groups in total. The van der Waals surface area contributed by atoms with Crippen molar-refractivity contribution in [3.8, 4) is 5.88 Å². The fourth-order valence-corrected chi connectivity index (χ4v) is 3.25.